The van der Waals surface area contributed by atoms with Gasteiger partial charge in [0.05, 0.1) is 4.53 Å². The van der Waals surface area contributed by atoms with Crippen LogP contribution in [0.3, 0.4) is 0 Å². The highest BCUT2D eigenvalue weighted by molar-refractivity contribution is 7.15. The molecule has 4 nitrogen and oxygen atoms in total. The van der Waals surface area contributed by atoms with Crippen LogP contribution >= 0.6 is 22.7 Å². The lowest BCUT2D eigenvalue weighted by atomic mass is 10.1. The molecule has 0 bridgehead atoms. The van der Waals surface area contributed by atoms with Crippen LogP contribution in [-0.4, -0.2) is 14.6 Å². The lowest BCUT2D eigenvalue weighted by Crippen LogP contribution is -2.23. The summed E-state index contributed by atoms with van der Waals surface area (Å²) in [5.41, 5.74) is 3.17. The molecule has 0 aliphatic heterocycles. The third-order valence-corrected chi connectivity index (χ3v) is 5.58. The molecule has 0 aliphatic rings. The van der Waals surface area contributed by atoms with E-state index in [9.17, 15) is 4.79 Å². The van der Waals surface area contributed by atoms with E-state index in [0.29, 0.717) is 15.3 Å². The summed E-state index contributed by atoms with van der Waals surface area (Å²) in [4.78, 5) is 18.7. The quantitative estimate of drug-likeness (QED) is 0.564. The van der Waals surface area contributed by atoms with E-state index in [1.54, 1.807) is 11.3 Å². The van der Waals surface area contributed by atoms with Crippen molar-refractivity contribution in [2.75, 3.05) is 0 Å². The molecule has 23 heavy (non-hydrogen) atoms. The Balaban J connectivity index is 1.84. The van der Waals surface area contributed by atoms with E-state index < -0.39 is 0 Å². The minimum absolute atomic E-state index is 0.108. The number of benzene rings is 1. The Morgan fingerprint density at radius 3 is 2.57 bits per heavy atom. The first kappa shape index (κ1) is 14.3. The van der Waals surface area contributed by atoms with Gasteiger partial charge < -0.3 is 0 Å². The van der Waals surface area contributed by atoms with E-state index in [0.717, 1.165) is 10.4 Å². The van der Waals surface area contributed by atoms with Crippen LogP contribution in [0.25, 0.3) is 22.4 Å². The number of aryl methyl sites for hydroxylation is 2. The van der Waals surface area contributed by atoms with Crippen molar-refractivity contribution < 1.29 is 0 Å². The van der Waals surface area contributed by atoms with E-state index in [-0.39, 0.29) is 5.56 Å². The molecule has 0 saturated carbocycles. The van der Waals surface area contributed by atoms with Crippen molar-refractivity contribution in [2.45, 2.75) is 13.8 Å². The van der Waals surface area contributed by atoms with Gasteiger partial charge in [-0.25, -0.2) is 0 Å². The zero-order chi connectivity index (χ0) is 16.0. The van der Waals surface area contributed by atoms with Crippen LogP contribution in [0.2, 0.25) is 0 Å². The van der Waals surface area contributed by atoms with Gasteiger partial charge in [-0.1, -0.05) is 41.2 Å². The highest BCUT2D eigenvalue weighted by atomic mass is 32.1. The third kappa shape index (κ3) is 2.50. The van der Waals surface area contributed by atoms with Crippen LogP contribution in [0.5, 0.6) is 0 Å². The molecule has 0 N–H and O–H groups in total. The van der Waals surface area contributed by atoms with E-state index in [4.69, 9.17) is 0 Å². The summed E-state index contributed by atoms with van der Waals surface area (Å²) in [6.07, 6.45) is 1.93. The fourth-order valence-electron chi connectivity index (χ4n) is 2.31. The Morgan fingerprint density at radius 2 is 1.91 bits per heavy atom. The number of fused-ring (bicyclic) bond motifs is 1. The second kappa shape index (κ2) is 5.40. The van der Waals surface area contributed by atoms with Crippen molar-refractivity contribution in [3.05, 3.63) is 66.6 Å². The molecule has 0 saturated heterocycles. The van der Waals surface area contributed by atoms with Crippen molar-refractivity contribution in [1.29, 1.82) is 0 Å². The number of nitrogens with zero attached hydrogens (tertiary/aromatic N) is 3. The summed E-state index contributed by atoms with van der Waals surface area (Å²) < 4.78 is 2.07. The Hall–Kier alpha value is -2.31. The van der Waals surface area contributed by atoms with Gasteiger partial charge in [-0.05, 0) is 36.9 Å². The molecule has 0 aliphatic carbocycles. The van der Waals surface area contributed by atoms with Crippen molar-refractivity contribution in [2.24, 2.45) is 0 Å². The summed E-state index contributed by atoms with van der Waals surface area (Å²) in [5, 5.41) is 6.40. The van der Waals surface area contributed by atoms with Crippen molar-refractivity contribution >= 4 is 33.7 Å². The maximum Gasteiger partial charge on any atom is 0.291 e. The van der Waals surface area contributed by atoms with Gasteiger partial charge in [0.25, 0.3) is 5.56 Å². The molecule has 3 heterocycles. The van der Waals surface area contributed by atoms with Crippen LogP contribution < -0.4 is 10.1 Å². The summed E-state index contributed by atoms with van der Waals surface area (Å²) in [6, 6.07) is 10.0. The molecule has 3 aromatic heterocycles. The fourth-order valence-corrected chi connectivity index (χ4v) is 4.13. The standard InChI is InChI=1S/C17H13N3OS2/c1-10-3-5-12(6-4-10)15-18-17-20(19-15)16(21)14(23-17)9-13-11(2)7-8-22-13/h3-9H,1-2H3/b14-9+. The Bertz CT molecular complexity index is 1100. The van der Waals surface area contributed by atoms with Gasteiger partial charge in [0, 0.05) is 10.4 Å². The first-order chi connectivity index (χ1) is 11.1. The van der Waals surface area contributed by atoms with Gasteiger partial charge in [-0.3, -0.25) is 4.79 Å². The average Bonchev–Trinajstić information content (AvgIpc) is 3.20. The number of rotatable bonds is 2. The van der Waals surface area contributed by atoms with Crippen molar-refractivity contribution in [3.63, 3.8) is 0 Å². The highest BCUT2D eigenvalue weighted by Crippen LogP contribution is 2.18. The molecular weight excluding hydrogens is 326 g/mol. The number of thiazole rings is 1. The maximum absolute atomic E-state index is 12.5. The predicted octanol–water partition coefficient (Wildman–Crippen LogP) is 3.04. The fraction of sp³-hybridized carbons (Fsp3) is 0.118. The van der Waals surface area contributed by atoms with Gasteiger partial charge in [-0.2, -0.15) is 9.50 Å². The summed E-state index contributed by atoms with van der Waals surface area (Å²) in [6.45, 7) is 4.08. The minimum atomic E-state index is -0.108. The largest absolute Gasteiger partial charge is 0.291 e. The first-order valence-electron chi connectivity index (χ1n) is 7.14. The van der Waals surface area contributed by atoms with E-state index in [2.05, 4.69) is 10.1 Å². The second-order valence-electron chi connectivity index (χ2n) is 5.38. The average molecular weight is 339 g/mol. The minimum Gasteiger partial charge on any atom is -0.266 e. The van der Waals surface area contributed by atoms with E-state index in [1.807, 2.05) is 55.6 Å². The number of hydrogen-bond donors (Lipinski definition) is 0. The molecule has 114 valence electrons. The zero-order valence-corrected chi connectivity index (χ0v) is 14.2. The summed E-state index contributed by atoms with van der Waals surface area (Å²) in [7, 11) is 0. The van der Waals surface area contributed by atoms with Gasteiger partial charge in [0.15, 0.2) is 5.82 Å². The maximum atomic E-state index is 12.5. The molecule has 0 atom stereocenters. The van der Waals surface area contributed by atoms with Gasteiger partial charge in [-0.15, -0.1) is 16.4 Å². The number of thiophene rings is 1. The topological polar surface area (TPSA) is 47.3 Å². The first-order valence-corrected chi connectivity index (χ1v) is 8.84. The van der Waals surface area contributed by atoms with Crippen LogP contribution in [0, 0.1) is 13.8 Å². The molecule has 0 radical (unpaired) electrons. The second-order valence-corrected chi connectivity index (χ2v) is 7.34. The van der Waals surface area contributed by atoms with Crippen LogP contribution in [0.15, 0.2) is 40.5 Å². The van der Waals surface area contributed by atoms with E-state index >= 15 is 0 Å². The molecule has 1 aromatic carbocycles. The highest BCUT2D eigenvalue weighted by Gasteiger charge is 2.12. The third-order valence-electron chi connectivity index (χ3n) is 3.66. The lowest BCUT2D eigenvalue weighted by Gasteiger charge is -1.95. The van der Waals surface area contributed by atoms with Gasteiger partial charge in [0.1, 0.15) is 0 Å². The molecular formula is C17H13N3OS2. The molecule has 0 unspecified atom stereocenters. The van der Waals surface area contributed by atoms with Gasteiger partial charge >= 0.3 is 0 Å². The van der Waals surface area contributed by atoms with Crippen LogP contribution in [0.4, 0.5) is 0 Å². The van der Waals surface area contributed by atoms with Crippen molar-refractivity contribution in [1.82, 2.24) is 14.6 Å². The summed E-state index contributed by atoms with van der Waals surface area (Å²) in [5.74, 6) is 0.590. The van der Waals surface area contributed by atoms with Crippen LogP contribution in [-0.2, 0) is 0 Å². The molecule has 0 amide bonds. The zero-order valence-electron chi connectivity index (χ0n) is 12.6. The van der Waals surface area contributed by atoms with E-state index in [1.165, 1.54) is 27.0 Å². The number of aromatic nitrogens is 3. The monoisotopic (exact) mass is 339 g/mol. The molecule has 4 aromatic rings. The smallest absolute Gasteiger partial charge is 0.266 e. The Morgan fingerprint density at radius 1 is 1.13 bits per heavy atom. The van der Waals surface area contributed by atoms with Gasteiger partial charge in [0.2, 0.25) is 4.96 Å². The molecule has 4 rings (SSSR count). The van der Waals surface area contributed by atoms with Crippen molar-refractivity contribution in [3.8, 4) is 11.4 Å². The Labute approximate surface area is 140 Å². The molecule has 0 spiro atoms. The molecule has 6 heteroatoms. The molecule has 0 fully saturated rings. The predicted molar refractivity (Wildman–Crippen MR) is 95.1 cm³/mol. The lowest BCUT2D eigenvalue weighted by molar-refractivity contribution is 0.937. The SMILES string of the molecule is Cc1ccc(-c2nc3s/c(=C/c4sccc4C)c(=O)n3n2)cc1. The normalized spacial score (nSPS) is 12.3. The summed E-state index contributed by atoms with van der Waals surface area (Å²) >= 11 is 3.01. The Kier molecular flexibility index (Phi) is 3.36. The number of hydrogen-bond acceptors (Lipinski definition) is 5. The van der Waals surface area contributed by atoms with Crippen LogP contribution in [0.1, 0.15) is 16.0 Å².